The second kappa shape index (κ2) is 8.92. The maximum atomic E-state index is 12.9. The fourth-order valence-electron chi connectivity index (χ4n) is 3.23. The van der Waals surface area contributed by atoms with E-state index in [9.17, 15) is 4.79 Å². The third-order valence-corrected chi connectivity index (χ3v) is 4.79. The van der Waals surface area contributed by atoms with Crippen LogP contribution in [0.2, 0.25) is 0 Å². The first-order valence-electron chi connectivity index (χ1n) is 10.2. The molecule has 0 atom stereocenters. The Morgan fingerprint density at radius 1 is 1.06 bits per heavy atom. The van der Waals surface area contributed by atoms with Crippen molar-refractivity contribution in [1.82, 2.24) is 9.97 Å². The van der Waals surface area contributed by atoms with Gasteiger partial charge < -0.3 is 19.8 Å². The standard InChI is InChI=1S/C25H25N3O3/c1-16(2)15-31-19-8-6-7-18(13-19)25(29)28-22-14-17(11-12-23(22)30-3)24-26-20-9-4-5-10-21(20)27-24/h4-14,16H,15H2,1-3H3,(H,26,27)(H,28,29). The average Bonchev–Trinajstić information content (AvgIpc) is 3.22. The van der Waals surface area contributed by atoms with Crippen LogP contribution in [0.4, 0.5) is 5.69 Å². The van der Waals surface area contributed by atoms with Gasteiger partial charge in [0.1, 0.15) is 17.3 Å². The van der Waals surface area contributed by atoms with Gasteiger partial charge in [-0.3, -0.25) is 4.79 Å². The van der Waals surface area contributed by atoms with E-state index in [-0.39, 0.29) is 5.91 Å². The largest absolute Gasteiger partial charge is 0.495 e. The van der Waals surface area contributed by atoms with Crippen molar-refractivity contribution in [2.75, 3.05) is 19.0 Å². The summed E-state index contributed by atoms with van der Waals surface area (Å²) in [7, 11) is 1.58. The molecule has 6 heteroatoms. The molecule has 4 aromatic rings. The number of methoxy groups -OCH3 is 1. The molecule has 3 aromatic carbocycles. The minimum absolute atomic E-state index is 0.241. The molecule has 0 bridgehead atoms. The zero-order chi connectivity index (χ0) is 21.8. The molecule has 6 nitrogen and oxygen atoms in total. The highest BCUT2D eigenvalue weighted by Gasteiger charge is 2.14. The van der Waals surface area contributed by atoms with Crippen molar-refractivity contribution in [3.05, 3.63) is 72.3 Å². The maximum Gasteiger partial charge on any atom is 0.255 e. The van der Waals surface area contributed by atoms with Crippen LogP contribution >= 0.6 is 0 Å². The van der Waals surface area contributed by atoms with Crippen LogP contribution < -0.4 is 14.8 Å². The number of fused-ring (bicyclic) bond motifs is 1. The molecular weight excluding hydrogens is 390 g/mol. The molecule has 2 N–H and O–H groups in total. The van der Waals surface area contributed by atoms with Crippen molar-refractivity contribution in [2.45, 2.75) is 13.8 Å². The van der Waals surface area contributed by atoms with Crippen LogP contribution in [0.1, 0.15) is 24.2 Å². The lowest BCUT2D eigenvalue weighted by Gasteiger charge is -2.13. The lowest BCUT2D eigenvalue weighted by molar-refractivity contribution is 0.102. The summed E-state index contributed by atoms with van der Waals surface area (Å²) in [5.41, 5.74) is 3.77. The van der Waals surface area contributed by atoms with Crippen LogP contribution in [0.15, 0.2) is 66.7 Å². The summed E-state index contributed by atoms with van der Waals surface area (Å²) in [5.74, 6) is 2.13. The molecule has 0 fully saturated rings. The zero-order valence-electron chi connectivity index (χ0n) is 17.8. The number of rotatable bonds is 7. The number of imidazole rings is 1. The number of anilines is 1. The third kappa shape index (κ3) is 4.69. The Bertz CT molecular complexity index is 1180. The lowest BCUT2D eigenvalue weighted by Crippen LogP contribution is -2.13. The van der Waals surface area contributed by atoms with Crippen LogP contribution in [-0.4, -0.2) is 29.6 Å². The Morgan fingerprint density at radius 3 is 2.68 bits per heavy atom. The molecule has 158 valence electrons. The highest BCUT2D eigenvalue weighted by molar-refractivity contribution is 6.05. The van der Waals surface area contributed by atoms with E-state index in [1.807, 2.05) is 54.6 Å². The van der Waals surface area contributed by atoms with Gasteiger partial charge in [0, 0.05) is 11.1 Å². The van der Waals surface area contributed by atoms with Crippen LogP contribution in [0.3, 0.4) is 0 Å². The fourth-order valence-corrected chi connectivity index (χ4v) is 3.23. The quantitative estimate of drug-likeness (QED) is 0.416. The van der Waals surface area contributed by atoms with Crippen LogP contribution in [0.25, 0.3) is 22.4 Å². The van der Waals surface area contributed by atoms with E-state index in [4.69, 9.17) is 9.47 Å². The number of nitrogens with one attached hydrogen (secondary N) is 2. The fraction of sp³-hybridized carbons (Fsp3) is 0.200. The van der Waals surface area contributed by atoms with Gasteiger partial charge in [-0.25, -0.2) is 4.98 Å². The molecule has 0 aliphatic carbocycles. The number of carbonyl (C=O) groups excluding carboxylic acids is 1. The SMILES string of the molecule is COc1ccc(-c2nc3ccccc3[nH]2)cc1NC(=O)c1cccc(OCC(C)C)c1. The minimum atomic E-state index is -0.241. The first-order chi connectivity index (χ1) is 15.0. The Balaban J connectivity index is 1.59. The van der Waals surface area contributed by atoms with E-state index in [1.165, 1.54) is 0 Å². The third-order valence-electron chi connectivity index (χ3n) is 4.79. The Labute approximate surface area is 181 Å². The molecule has 1 heterocycles. The normalized spacial score (nSPS) is 11.0. The molecule has 1 amide bonds. The second-order valence-electron chi connectivity index (χ2n) is 7.70. The summed E-state index contributed by atoms with van der Waals surface area (Å²) >= 11 is 0. The number of para-hydroxylation sites is 2. The average molecular weight is 415 g/mol. The van der Waals surface area contributed by atoms with E-state index >= 15 is 0 Å². The lowest BCUT2D eigenvalue weighted by atomic mass is 10.1. The number of aromatic amines is 1. The maximum absolute atomic E-state index is 12.9. The predicted octanol–water partition coefficient (Wildman–Crippen LogP) is 5.53. The summed E-state index contributed by atoms with van der Waals surface area (Å²) in [6, 6.07) is 20.6. The first-order valence-corrected chi connectivity index (χ1v) is 10.2. The number of ether oxygens (including phenoxy) is 2. The summed E-state index contributed by atoms with van der Waals surface area (Å²) in [4.78, 5) is 20.9. The van der Waals surface area contributed by atoms with Crippen molar-refractivity contribution in [2.24, 2.45) is 5.92 Å². The van der Waals surface area contributed by atoms with Crippen molar-refractivity contribution < 1.29 is 14.3 Å². The summed E-state index contributed by atoms with van der Waals surface area (Å²) in [6.45, 7) is 4.76. The number of hydrogen-bond acceptors (Lipinski definition) is 4. The van der Waals surface area contributed by atoms with Gasteiger partial charge in [-0.15, -0.1) is 0 Å². The first kappa shape index (κ1) is 20.5. The Hall–Kier alpha value is -3.80. The highest BCUT2D eigenvalue weighted by atomic mass is 16.5. The Morgan fingerprint density at radius 2 is 1.90 bits per heavy atom. The molecule has 0 unspecified atom stereocenters. The molecule has 1 aromatic heterocycles. The molecule has 0 saturated heterocycles. The molecule has 0 spiro atoms. The van der Waals surface area contributed by atoms with Crippen molar-refractivity contribution in [3.8, 4) is 22.9 Å². The topological polar surface area (TPSA) is 76.2 Å². The number of benzene rings is 3. The van der Waals surface area contributed by atoms with Gasteiger partial charge >= 0.3 is 0 Å². The molecule has 0 saturated carbocycles. The number of H-pyrrole nitrogens is 1. The van der Waals surface area contributed by atoms with Crippen LogP contribution in [0.5, 0.6) is 11.5 Å². The Kier molecular flexibility index (Phi) is 5.89. The molecule has 0 aliphatic rings. The zero-order valence-corrected chi connectivity index (χ0v) is 17.8. The second-order valence-corrected chi connectivity index (χ2v) is 7.70. The van der Waals surface area contributed by atoms with Crippen LogP contribution in [0, 0.1) is 5.92 Å². The summed E-state index contributed by atoms with van der Waals surface area (Å²) in [6.07, 6.45) is 0. The predicted molar refractivity (Wildman–Crippen MR) is 123 cm³/mol. The monoisotopic (exact) mass is 415 g/mol. The van der Waals surface area contributed by atoms with E-state index in [0.717, 1.165) is 22.4 Å². The summed E-state index contributed by atoms with van der Waals surface area (Å²) < 4.78 is 11.2. The number of hydrogen-bond donors (Lipinski definition) is 2. The van der Waals surface area contributed by atoms with Gasteiger partial charge in [-0.05, 0) is 54.4 Å². The number of carbonyl (C=O) groups is 1. The van der Waals surface area contributed by atoms with Crippen molar-refractivity contribution >= 4 is 22.6 Å². The van der Waals surface area contributed by atoms with Gasteiger partial charge in [-0.1, -0.05) is 32.0 Å². The van der Waals surface area contributed by atoms with E-state index in [2.05, 4.69) is 29.1 Å². The highest BCUT2D eigenvalue weighted by Crippen LogP contribution is 2.31. The van der Waals surface area contributed by atoms with E-state index in [0.29, 0.717) is 35.3 Å². The minimum Gasteiger partial charge on any atom is -0.495 e. The number of amides is 1. The van der Waals surface area contributed by atoms with Gasteiger partial charge in [0.05, 0.1) is 30.4 Å². The van der Waals surface area contributed by atoms with Crippen LogP contribution in [-0.2, 0) is 0 Å². The van der Waals surface area contributed by atoms with Gasteiger partial charge in [-0.2, -0.15) is 0 Å². The van der Waals surface area contributed by atoms with E-state index in [1.54, 1.807) is 19.2 Å². The van der Waals surface area contributed by atoms with Gasteiger partial charge in [0.25, 0.3) is 5.91 Å². The molecule has 4 rings (SSSR count). The molecular formula is C25H25N3O3. The van der Waals surface area contributed by atoms with E-state index < -0.39 is 0 Å². The van der Waals surface area contributed by atoms with Gasteiger partial charge in [0.15, 0.2) is 0 Å². The molecule has 31 heavy (non-hydrogen) atoms. The molecule has 0 radical (unpaired) electrons. The number of nitrogens with zero attached hydrogens (tertiary/aromatic N) is 1. The number of aromatic nitrogens is 2. The molecule has 0 aliphatic heterocycles. The van der Waals surface area contributed by atoms with Crippen molar-refractivity contribution in [1.29, 1.82) is 0 Å². The van der Waals surface area contributed by atoms with Crippen molar-refractivity contribution in [3.63, 3.8) is 0 Å². The summed E-state index contributed by atoms with van der Waals surface area (Å²) in [5, 5.41) is 2.95. The smallest absolute Gasteiger partial charge is 0.255 e. The van der Waals surface area contributed by atoms with Gasteiger partial charge in [0.2, 0.25) is 0 Å².